The van der Waals surface area contributed by atoms with Crippen LogP contribution in [0.25, 0.3) is 0 Å². The van der Waals surface area contributed by atoms with Gasteiger partial charge in [0.25, 0.3) is 5.91 Å². The summed E-state index contributed by atoms with van der Waals surface area (Å²) in [6.45, 7) is 0. The number of hydrogen-bond acceptors (Lipinski definition) is 5. The van der Waals surface area contributed by atoms with Gasteiger partial charge in [-0.05, 0) is 0 Å². The lowest BCUT2D eigenvalue weighted by atomic mass is 10.1. The number of primary amides is 1. The Morgan fingerprint density at radius 2 is 2.12 bits per heavy atom. The van der Waals surface area contributed by atoms with Crippen LogP contribution in [0.4, 0.5) is 18.9 Å². The van der Waals surface area contributed by atoms with Crippen molar-refractivity contribution < 1.29 is 22.7 Å². The quantitative estimate of drug-likeness (QED) is 0.789. The number of carbonyl (C=O) groups is 1. The molecule has 0 atom stereocenters. The fourth-order valence-electron chi connectivity index (χ4n) is 1.05. The fourth-order valence-corrected chi connectivity index (χ4v) is 1.05. The molecule has 9 heteroatoms. The molecule has 1 aromatic heterocycles. The maximum atomic E-state index is 11.9. The zero-order chi connectivity index (χ0) is 13.2. The van der Waals surface area contributed by atoms with E-state index in [4.69, 9.17) is 16.7 Å². The van der Waals surface area contributed by atoms with Crippen molar-refractivity contribution in [1.82, 2.24) is 4.98 Å². The number of nitrogens with zero attached hydrogens (tertiary/aromatic N) is 2. The maximum absolute atomic E-state index is 11.9. The molecule has 0 saturated carbocycles. The minimum atomic E-state index is -4.97. The zero-order valence-corrected chi connectivity index (χ0v) is 8.08. The van der Waals surface area contributed by atoms with Crippen LogP contribution in [-0.2, 0) is 0 Å². The monoisotopic (exact) mass is 246 g/mol. The standard InChI is InChI=1S/C8H5F3N4O2/c9-8(10,11)17-5-1-3(13)6(7(14)16)4(2-12)15-5/h1H,(H2,13,15)(H2,14,16). The van der Waals surface area contributed by atoms with Crippen LogP contribution in [-0.4, -0.2) is 17.3 Å². The lowest BCUT2D eigenvalue weighted by molar-refractivity contribution is -0.276. The first-order valence-electron chi connectivity index (χ1n) is 4.00. The van der Waals surface area contributed by atoms with E-state index in [-0.39, 0.29) is 0 Å². The molecular formula is C8H5F3N4O2. The molecule has 1 rings (SSSR count). The van der Waals surface area contributed by atoms with E-state index in [1.165, 1.54) is 6.07 Å². The van der Waals surface area contributed by atoms with Crippen LogP contribution in [0, 0.1) is 11.3 Å². The number of aromatic nitrogens is 1. The second-order valence-corrected chi connectivity index (χ2v) is 2.80. The molecule has 1 aromatic rings. The number of pyridine rings is 1. The predicted molar refractivity (Wildman–Crippen MR) is 48.6 cm³/mol. The van der Waals surface area contributed by atoms with Gasteiger partial charge in [0, 0.05) is 6.07 Å². The number of amides is 1. The highest BCUT2D eigenvalue weighted by atomic mass is 19.4. The lowest BCUT2D eigenvalue weighted by Gasteiger charge is -2.10. The van der Waals surface area contributed by atoms with E-state index in [9.17, 15) is 18.0 Å². The van der Waals surface area contributed by atoms with Gasteiger partial charge in [-0.3, -0.25) is 4.79 Å². The van der Waals surface area contributed by atoms with Crippen LogP contribution in [0.1, 0.15) is 16.1 Å². The summed E-state index contributed by atoms with van der Waals surface area (Å²) in [6.07, 6.45) is -4.97. The molecule has 0 aliphatic heterocycles. The summed E-state index contributed by atoms with van der Waals surface area (Å²) in [4.78, 5) is 14.1. The Hall–Kier alpha value is -2.50. The van der Waals surface area contributed by atoms with E-state index < -0.39 is 35.1 Å². The average molecular weight is 246 g/mol. The summed E-state index contributed by atoms with van der Waals surface area (Å²) in [7, 11) is 0. The van der Waals surface area contributed by atoms with Gasteiger partial charge >= 0.3 is 6.36 Å². The van der Waals surface area contributed by atoms with Crippen molar-refractivity contribution in [3.05, 3.63) is 17.3 Å². The zero-order valence-electron chi connectivity index (χ0n) is 8.08. The molecule has 0 aliphatic carbocycles. The second kappa shape index (κ2) is 4.17. The number of nitriles is 1. The molecule has 1 heterocycles. The SMILES string of the molecule is N#Cc1nc(OC(F)(F)F)cc(N)c1C(N)=O. The molecule has 0 bridgehead atoms. The van der Waals surface area contributed by atoms with Crippen LogP contribution in [0.15, 0.2) is 6.07 Å². The molecule has 0 aromatic carbocycles. The van der Waals surface area contributed by atoms with E-state index in [0.717, 1.165) is 0 Å². The molecule has 6 nitrogen and oxygen atoms in total. The number of alkyl halides is 3. The molecular weight excluding hydrogens is 241 g/mol. The predicted octanol–water partition coefficient (Wildman–Crippen LogP) is 0.533. The van der Waals surface area contributed by atoms with Crippen LogP contribution in [0.5, 0.6) is 5.88 Å². The van der Waals surface area contributed by atoms with Crippen LogP contribution < -0.4 is 16.2 Å². The number of anilines is 1. The van der Waals surface area contributed by atoms with Crippen LogP contribution in [0.3, 0.4) is 0 Å². The van der Waals surface area contributed by atoms with Gasteiger partial charge in [-0.15, -0.1) is 13.2 Å². The number of carbonyl (C=O) groups excluding carboxylic acids is 1. The lowest BCUT2D eigenvalue weighted by Crippen LogP contribution is -2.20. The third kappa shape index (κ3) is 2.97. The highest BCUT2D eigenvalue weighted by Crippen LogP contribution is 2.25. The first-order chi connectivity index (χ1) is 7.74. The first-order valence-corrected chi connectivity index (χ1v) is 4.00. The van der Waals surface area contributed by atoms with Gasteiger partial charge in [0.2, 0.25) is 5.88 Å². The minimum Gasteiger partial charge on any atom is -0.398 e. The molecule has 90 valence electrons. The van der Waals surface area contributed by atoms with Crippen molar-refractivity contribution in [2.45, 2.75) is 6.36 Å². The Morgan fingerprint density at radius 1 is 1.53 bits per heavy atom. The molecule has 0 radical (unpaired) electrons. The topological polar surface area (TPSA) is 115 Å². The highest BCUT2D eigenvalue weighted by Gasteiger charge is 2.32. The summed E-state index contributed by atoms with van der Waals surface area (Å²) in [5.74, 6) is -2.00. The van der Waals surface area contributed by atoms with Crippen molar-refractivity contribution >= 4 is 11.6 Å². The van der Waals surface area contributed by atoms with E-state index in [2.05, 4.69) is 9.72 Å². The summed E-state index contributed by atoms with van der Waals surface area (Å²) in [5.41, 5.74) is 8.69. The average Bonchev–Trinajstić information content (AvgIpc) is 2.12. The van der Waals surface area contributed by atoms with E-state index in [0.29, 0.717) is 6.07 Å². The molecule has 0 unspecified atom stereocenters. The van der Waals surface area contributed by atoms with Gasteiger partial charge in [0.15, 0.2) is 5.69 Å². The molecule has 1 amide bonds. The van der Waals surface area contributed by atoms with Gasteiger partial charge in [0.1, 0.15) is 6.07 Å². The largest absolute Gasteiger partial charge is 0.574 e. The number of hydrogen-bond donors (Lipinski definition) is 2. The number of halogens is 3. The van der Waals surface area contributed by atoms with Crippen molar-refractivity contribution in [3.8, 4) is 11.9 Å². The number of nitrogens with two attached hydrogens (primary N) is 2. The third-order valence-electron chi connectivity index (χ3n) is 1.60. The summed E-state index contributed by atoms with van der Waals surface area (Å²) < 4.78 is 39.1. The molecule has 0 spiro atoms. The number of nitrogen functional groups attached to an aromatic ring is 1. The molecule has 0 fully saturated rings. The Labute approximate surface area is 92.6 Å². The van der Waals surface area contributed by atoms with E-state index in [1.54, 1.807) is 0 Å². The van der Waals surface area contributed by atoms with Crippen LogP contribution in [0.2, 0.25) is 0 Å². The maximum Gasteiger partial charge on any atom is 0.574 e. The molecule has 4 N–H and O–H groups in total. The third-order valence-corrected chi connectivity index (χ3v) is 1.60. The molecule has 0 saturated heterocycles. The molecule has 17 heavy (non-hydrogen) atoms. The van der Waals surface area contributed by atoms with Crippen molar-refractivity contribution in [2.75, 3.05) is 5.73 Å². The van der Waals surface area contributed by atoms with E-state index >= 15 is 0 Å². The Bertz CT molecular complexity index is 507. The first kappa shape index (κ1) is 12.6. The second-order valence-electron chi connectivity index (χ2n) is 2.80. The summed E-state index contributed by atoms with van der Waals surface area (Å²) >= 11 is 0. The summed E-state index contributed by atoms with van der Waals surface area (Å²) in [5, 5.41) is 8.60. The normalized spacial score (nSPS) is 10.7. The van der Waals surface area contributed by atoms with Gasteiger partial charge in [-0.1, -0.05) is 0 Å². The van der Waals surface area contributed by atoms with Crippen molar-refractivity contribution in [1.29, 1.82) is 5.26 Å². The van der Waals surface area contributed by atoms with Gasteiger partial charge < -0.3 is 16.2 Å². The Kier molecular flexibility index (Phi) is 3.08. The smallest absolute Gasteiger partial charge is 0.398 e. The Balaban J connectivity index is 3.29. The van der Waals surface area contributed by atoms with Gasteiger partial charge in [0.05, 0.1) is 11.3 Å². The van der Waals surface area contributed by atoms with Crippen LogP contribution >= 0.6 is 0 Å². The van der Waals surface area contributed by atoms with Crippen molar-refractivity contribution in [2.24, 2.45) is 5.73 Å². The highest BCUT2D eigenvalue weighted by molar-refractivity contribution is 6.00. The minimum absolute atomic E-state index is 0.414. The fraction of sp³-hybridized carbons (Fsp3) is 0.125. The molecule has 0 aliphatic rings. The van der Waals surface area contributed by atoms with Crippen molar-refractivity contribution in [3.63, 3.8) is 0 Å². The summed E-state index contributed by atoms with van der Waals surface area (Å²) in [6, 6.07) is 2.07. The Morgan fingerprint density at radius 3 is 2.53 bits per heavy atom. The van der Waals surface area contributed by atoms with Gasteiger partial charge in [-0.25, -0.2) is 4.98 Å². The number of ether oxygens (including phenoxy) is 1. The van der Waals surface area contributed by atoms with Gasteiger partial charge in [-0.2, -0.15) is 5.26 Å². The van der Waals surface area contributed by atoms with E-state index in [1.807, 2.05) is 0 Å². The number of rotatable bonds is 2.